The Hall–Kier alpha value is -1.30. The molecule has 2 radical (unpaired) electrons. The number of unbranched alkanes of at least 4 members (excludes halogenated alkanes) is 1. The minimum atomic E-state index is -0.234. The predicted octanol–water partition coefficient (Wildman–Crippen LogP) is 3.41. The van der Waals surface area contributed by atoms with Gasteiger partial charge in [0, 0.05) is 13.0 Å². The summed E-state index contributed by atoms with van der Waals surface area (Å²) in [7, 11) is 12.4. The van der Waals surface area contributed by atoms with Crippen LogP contribution in [0.15, 0.2) is 0 Å². The molecule has 11 heteroatoms. The van der Waals surface area contributed by atoms with Gasteiger partial charge in [-0.25, -0.2) is 0 Å². The third kappa shape index (κ3) is 29.1. The van der Waals surface area contributed by atoms with Crippen molar-refractivity contribution >= 4 is 20.1 Å². The number of likely N-dealkylation sites (N-methyl/N-ethyl adjacent to an activating group) is 1. The molecule has 2 rings (SSSR count). The monoisotopic (exact) mass is 539 g/mol. The molecule has 2 aliphatic heterocycles. The summed E-state index contributed by atoms with van der Waals surface area (Å²) >= 11 is 0. The first-order valence-corrected chi connectivity index (χ1v) is 12.7. The summed E-state index contributed by atoms with van der Waals surface area (Å²) in [6.45, 7) is 5.56. The number of piperidine rings is 2. The Kier molecular flexibility index (Phi) is 37.8. The molecule has 0 bridgehead atoms. The first-order chi connectivity index (χ1) is 17.4. The number of ether oxygens (including phenoxy) is 2. The lowest BCUT2D eigenvalue weighted by atomic mass is 9.91. The first kappa shape index (κ1) is 42.8. The van der Waals surface area contributed by atoms with Gasteiger partial charge in [0.2, 0.25) is 0 Å². The summed E-state index contributed by atoms with van der Waals surface area (Å²) in [6.07, 6.45) is 10.2. The second kappa shape index (κ2) is 32.7. The standard InChI is InChI=1S/C12H23NO2.C8H17NO.C4H9NO2.CH3F.CH4.BF/c1-13-9-7-11(8-10-13)5-3-4-6-12(14)15-2;1-9-5-2-8(3-6-9)4-7-10;1-5-3-4(6)7-2;1-2;;1-2/h11H,3-10H2,1-2H3;8,10H,2-7H2,1H3;5H,3H2,1-2H3;1H3;1H4;. The summed E-state index contributed by atoms with van der Waals surface area (Å²) in [5.74, 6) is 1.38. The largest absolute Gasteiger partial charge is 0.469 e. The number of carbonyl (C=O) groups excluding carboxylic acids is 2. The highest BCUT2D eigenvalue weighted by Gasteiger charge is 2.16. The number of hydrogen-bond donors (Lipinski definition) is 2. The van der Waals surface area contributed by atoms with E-state index in [1.165, 1.54) is 78.9 Å². The Bertz CT molecular complexity index is 481. The third-order valence-electron chi connectivity index (χ3n) is 6.23. The van der Waals surface area contributed by atoms with Gasteiger partial charge in [-0.15, -0.1) is 0 Å². The van der Waals surface area contributed by atoms with Crippen molar-refractivity contribution in [2.45, 2.75) is 65.2 Å². The molecule has 2 heterocycles. The summed E-state index contributed by atoms with van der Waals surface area (Å²) in [5, 5.41) is 11.3. The molecule has 0 unspecified atom stereocenters. The highest BCUT2D eigenvalue weighted by Crippen LogP contribution is 2.22. The number of esters is 2. The van der Waals surface area contributed by atoms with E-state index in [4.69, 9.17) is 9.42 Å². The lowest BCUT2D eigenvalue weighted by Crippen LogP contribution is -2.30. The number of nitrogens with one attached hydrogen (secondary N) is 1. The van der Waals surface area contributed by atoms with Gasteiger partial charge in [0.25, 0.3) is 0 Å². The average molecular weight is 540 g/mol. The van der Waals surface area contributed by atoms with Crippen molar-refractivity contribution in [3.8, 4) is 0 Å². The Balaban J connectivity index is -0.000000216. The van der Waals surface area contributed by atoms with E-state index in [-0.39, 0.29) is 25.9 Å². The number of hydrogen-bond acceptors (Lipinski definition) is 8. The molecule has 2 N–H and O–H groups in total. The van der Waals surface area contributed by atoms with Crippen molar-refractivity contribution in [3.63, 3.8) is 0 Å². The number of alkyl halides is 1. The van der Waals surface area contributed by atoms with E-state index in [1.54, 1.807) is 7.05 Å². The zero-order valence-corrected chi connectivity index (χ0v) is 23.6. The van der Waals surface area contributed by atoms with Crippen LogP contribution in [0.3, 0.4) is 0 Å². The SMILES string of the molecule is C.CF.CN1CCC(CCO)CC1.CNCC(=O)OC.COC(=O)CCCCC1CCN(C)CC1.[B]F. The predicted molar refractivity (Wildman–Crippen MR) is 149 cm³/mol. The maximum atomic E-state index is 10.9. The van der Waals surface area contributed by atoms with Gasteiger partial charge in [-0.05, 0) is 97.7 Å². The van der Waals surface area contributed by atoms with Crippen molar-refractivity contribution in [1.82, 2.24) is 15.1 Å². The second-order valence-corrected chi connectivity index (χ2v) is 8.93. The summed E-state index contributed by atoms with van der Waals surface area (Å²) < 4.78 is 27.4. The zero-order chi connectivity index (χ0) is 28.2. The highest BCUT2D eigenvalue weighted by molar-refractivity contribution is 5.96. The quantitative estimate of drug-likeness (QED) is 0.262. The number of nitrogens with zero attached hydrogens (tertiary/aromatic N) is 2. The lowest BCUT2D eigenvalue weighted by Gasteiger charge is -2.28. The van der Waals surface area contributed by atoms with E-state index in [0.717, 1.165) is 24.7 Å². The van der Waals surface area contributed by atoms with Crippen molar-refractivity contribution in [1.29, 1.82) is 0 Å². The molecular formula is C26H56BF2N3O5. The van der Waals surface area contributed by atoms with Crippen LogP contribution in [0.1, 0.15) is 65.2 Å². The van der Waals surface area contributed by atoms with Crippen LogP contribution in [0.4, 0.5) is 8.71 Å². The number of carbonyl (C=O) groups is 2. The highest BCUT2D eigenvalue weighted by atomic mass is 19.1. The molecule has 222 valence electrons. The third-order valence-corrected chi connectivity index (χ3v) is 6.23. The molecule has 37 heavy (non-hydrogen) atoms. The average Bonchev–Trinajstić information content (AvgIpc) is 2.92. The molecular weight excluding hydrogens is 483 g/mol. The number of rotatable bonds is 9. The second-order valence-electron chi connectivity index (χ2n) is 8.93. The zero-order valence-electron chi connectivity index (χ0n) is 23.6. The molecule has 0 aliphatic carbocycles. The van der Waals surface area contributed by atoms with Crippen LogP contribution in [0.2, 0.25) is 0 Å². The molecule has 2 saturated heterocycles. The Labute approximate surface area is 227 Å². The van der Waals surface area contributed by atoms with Crippen LogP contribution < -0.4 is 5.32 Å². The molecule has 0 atom stereocenters. The van der Waals surface area contributed by atoms with Crippen molar-refractivity contribution < 1.29 is 32.9 Å². The van der Waals surface area contributed by atoms with Crippen molar-refractivity contribution in [2.75, 3.05) is 81.9 Å². The minimum absolute atomic E-state index is 0. The van der Waals surface area contributed by atoms with Gasteiger partial charge in [0.05, 0.1) is 27.9 Å². The summed E-state index contributed by atoms with van der Waals surface area (Å²) in [4.78, 5) is 25.8. The van der Waals surface area contributed by atoms with Gasteiger partial charge < -0.3 is 34.0 Å². The van der Waals surface area contributed by atoms with E-state index in [1.807, 2.05) is 0 Å². The fourth-order valence-corrected chi connectivity index (χ4v) is 3.90. The molecule has 0 spiro atoms. The van der Waals surface area contributed by atoms with E-state index in [0.29, 0.717) is 20.2 Å². The Morgan fingerprint density at radius 3 is 1.59 bits per heavy atom. The topological polar surface area (TPSA) is 91.3 Å². The smallest absolute Gasteiger partial charge is 0.350 e. The van der Waals surface area contributed by atoms with E-state index < -0.39 is 0 Å². The fraction of sp³-hybridized carbons (Fsp3) is 0.923. The minimum Gasteiger partial charge on any atom is -0.469 e. The molecule has 0 aromatic carbocycles. The maximum absolute atomic E-state index is 10.9. The van der Waals surface area contributed by atoms with Crippen LogP contribution in [0, 0.1) is 11.8 Å². The van der Waals surface area contributed by atoms with Gasteiger partial charge >= 0.3 is 20.1 Å². The number of likely N-dealkylation sites (tertiary alicyclic amines) is 2. The van der Waals surface area contributed by atoms with Gasteiger partial charge in [-0.2, -0.15) is 0 Å². The number of aliphatic hydroxyl groups excluding tert-OH is 1. The van der Waals surface area contributed by atoms with Crippen LogP contribution in [0.25, 0.3) is 0 Å². The lowest BCUT2D eigenvalue weighted by molar-refractivity contribution is -0.141. The Morgan fingerprint density at radius 1 is 0.865 bits per heavy atom. The fourth-order valence-electron chi connectivity index (χ4n) is 3.90. The summed E-state index contributed by atoms with van der Waals surface area (Å²) in [6, 6.07) is 0. The van der Waals surface area contributed by atoms with Gasteiger partial charge in [0.15, 0.2) is 0 Å². The molecule has 0 aromatic heterocycles. The van der Waals surface area contributed by atoms with Crippen molar-refractivity contribution in [3.05, 3.63) is 0 Å². The van der Waals surface area contributed by atoms with E-state index in [9.17, 15) is 14.0 Å². The van der Waals surface area contributed by atoms with E-state index in [2.05, 4.69) is 46.8 Å². The van der Waals surface area contributed by atoms with Crippen LogP contribution in [-0.4, -0.2) is 117 Å². The Morgan fingerprint density at radius 2 is 1.27 bits per heavy atom. The van der Waals surface area contributed by atoms with Crippen LogP contribution in [-0.2, 0) is 19.1 Å². The van der Waals surface area contributed by atoms with Crippen molar-refractivity contribution in [2.24, 2.45) is 11.8 Å². The normalized spacial score (nSPS) is 15.9. The summed E-state index contributed by atoms with van der Waals surface area (Å²) in [5.41, 5.74) is 0. The van der Waals surface area contributed by atoms with Gasteiger partial charge in [-0.1, -0.05) is 20.3 Å². The van der Waals surface area contributed by atoms with Crippen LogP contribution >= 0.6 is 0 Å². The number of aliphatic hydroxyl groups is 1. The maximum Gasteiger partial charge on any atom is 0.350 e. The molecule has 0 aromatic rings. The van der Waals surface area contributed by atoms with Gasteiger partial charge in [-0.3, -0.25) is 14.0 Å². The van der Waals surface area contributed by atoms with Crippen LogP contribution in [0.5, 0.6) is 0 Å². The number of halogens is 2. The molecule has 2 aliphatic rings. The molecule has 0 saturated carbocycles. The molecule has 2 fully saturated rings. The van der Waals surface area contributed by atoms with E-state index >= 15 is 0 Å². The first-order valence-electron chi connectivity index (χ1n) is 12.7. The van der Waals surface area contributed by atoms with Gasteiger partial charge in [0.1, 0.15) is 0 Å². The number of methoxy groups -OCH3 is 2. The molecule has 0 amide bonds. The molecule has 8 nitrogen and oxygen atoms in total.